The van der Waals surface area contributed by atoms with Crippen molar-refractivity contribution in [2.45, 2.75) is 32.9 Å². The molecule has 0 aromatic carbocycles. The number of carbonyl (C=O) groups excluding carboxylic acids is 1. The van der Waals surface area contributed by atoms with Gasteiger partial charge >= 0.3 is 0 Å². The summed E-state index contributed by atoms with van der Waals surface area (Å²) in [6, 6.07) is 3.09. The second-order valence-electron chi connectivity index (χ2n) is 5.93. The minimum atomic E-state index is -0.343. The van der Waals surface area contributed by atoms with E-state index >= 15 is 0 Å². The van der Waals surface area contributed by atoms with Gasteiger partial charge in [-0.1, -0.05) is 13.8 Å². The van der Waals surface area contributed by atoms with Gasteiger partial charge in [0.25, 0.3) is 0 Å². The third kappa shape index (κ3) is 4.64. The minimum Gasteiger partial charge on any atom is -0.352 e. The maximum atomic E-state index is 13.6. The Labute approximate surface area is 136 Å². The van der Waals surface area contributed by atoms with Gasteiger partial charge in [-0.2, -0.15) is 0 Å². The first-order valence-corrected chi connectivity index (χ1v) is 7.86. The number of hydrogen-bond donors (Lipinski definition) is 2. The topological polar surface area (TPSA) is 69.6 Å². The van der Waals surface area contributed by atoms with Crippen molar-refractivity contribution in [2.75, 3.05) is 20.1 Å². The fourth-order valence-corrected chi connectivity index (χ4v) is 2.55. The maximum absolute atomic E-state index is 13.6. The van der Waals surface area contributed by atoms with Crippen LogP contribution >= 0.6 is 0 Å². The summed E-state index contributed by atoms with van der Waals surface area (Å²) in [4.78, 5) is 22.0. The number of nitrogens with one attached hydrogen (secondary N) is 2. The molecule has 126 valence electrons. The van der Waals surface area contributed by atoms with E-state index < -0.39 is 0 Å². The molecule has 2 N–H and O–H groups in total. The normalized spacial score (nSPS) is 18.4. The van der Waals surface area contributed by atoms with Crippen LogP contribution in [0.3, 0.4) is 0 Å². The maximum Gasteiger partial charge on any atom is 0.225 e. The number of guanidine groups is 1. The van der Waals surface area contributed by atoms with E-state index in [4.69, 9.17) is 0 Å². The zero-order valence-electron chi connectivity index (χ0n) is 13.8. The van der Waals surface area contributed by atoms with Crippen molar-refractivity contribution >= 4 is 11.9 Å². The Morgan fingerprint density at radius 3 is 3.00 bits per heavy atom. The predicted octanol–water partition coefficient (Wildman–Crippen LogP) is 1.14. The average molecular weight is 321 g/mol. The lowest BCUT2D eigenvalue weighted by atomic mass is 10.2. The van der Waals surface area contributed by atoms with Crippen molar-refractivity contribution < 1.29 is 9.18 Å². The van der Waals surface area contributed by atoms with E-state index in [2.05, 4.69) is 20.6 Å². The van der Waals surface area contributed by atoms with Crippen molar-refractivity contribution in [3.8, 4) is 0 Å². The summed E-state index contributed by atoms with van der Waals surface area (Å²) in [6.45, 7) is 5.49. The fraction of sp³-hybridized carbons (Fsp3) is 0.562. The second-order valence-corrected chi connectivity index (χ2v) is 5.93. The number of likely N-dealkylation sites (tertiary alicyclic amines) is 1. The largest absolute Gasteiger partial charge is 0.352 e. The van der Waals surface area contributed by atoms with Crippen LogP contribution in [0.25, 0.3) is 0 Å². The Kier molecular flexibility index (Phi) is 5.90. The molecule has 6 nitrogen and oxygen atoms in total. The first kappa shape index (κ1) is 17.2. The standard InChI is InChI=1S/C16H24FN5O/c1-11(2)15(23)22-8-6-12(10-22)21-16(18-3)20-9-14-13(17)5-4-7-19-14/h4-5,7,11-12H,6,8-10H2,1-3H3,(H2,18,20,21). The Morgan fingerprint density at radius 2 is 2.35 bits per heavy atom. The Hall–Kier alpha value is -2.18. The summed E-state index contributed by atoms with van der Waals surface area (Å²) >= 11 is 0. The molecule has 0 radical (unpaired) electrons. The lowest BCUT2D eigenvalue weighted by molar-refractivity contribution is -0.133. The summed E-state index contributed by atoms with van der Waals surface area (Å²) in [5.74, 6) is 0.426. The van der Waals surface area contributed by atoms with Gasteiger partial charge in [0.2, 0.25) is 5.91 Å². The molecule has 1 aliphatic rings. The van der Waals surface area contributed by atoms with Gasteiger partial charge in [0.05, 0.1) is 12.2 Å². The van der Waals surface area contributed by atoms with Crippen LogP contribution in [-0.4, -0.2) is 47.9 Å². The first-order valence-electron chi connectivity index (χ1n) is 7.86. The molecule has 1 saturated heterocycles. The van der Waals surface area contributed by atoms with Crippen LogP contribution < -0.4 is 10.6 Å². The summed E-state index contributed by atoms with van der Waals surface area (Å²) < 4.78 is 13.6. The number of hydrogen-bond acceptors (Lipinski definition) is 3. The van der Waals surface area contributed by atoms with Crippen LogP contribution in [0.1, 0.15) is 26.0 Å². The molecule has 1 unspecified atom stereocenters. The fourth-order valence-electron chi connectivity index (χ4n) is 2.55. The highest BCUT2D eigenvalue weighted by Crippen LogP contribution is 2.12. The van der Waals surface area contributed by atoms with E-state index in [1.54, 1.807) is 19.3 Å². The van der Waals surface area contributed by atoms with Gasteiger partial charge in [-0.05, 0) is 18.6 Å². The zero-order chi connectivity index (χ0) is 16.8. The van der Waals surface area contributed by atoms with Gasteiger partial charge < -0.3 is 15.5 Å². The SMILES string of the molecule is CN=C(NCc1ncccc1F)NC1CCN(C(=O)C(C)C)C1. The number of pyridine rings is 1. The van der Waals surface area contributed by atoms with Crippen LogP contribution in [0.5, 0.6) is 0 Å². The highest BCUT2D eigenvalue weighted by atomic mass is 19.1. The van der Waals surface area contributed by atoms with E-state index in [1.807, 2.05) is 18.7 Å². The highest BCUT2D eigenvalue weighted by Gasteiger charge is 2.27. The third-order valence-corrected chi connectivity index (χ3v) is 3.82. The smallest absolute Gasteiger partial charge is 0.225 e. The number of aromatic nitrogens is 1. The minimum absolute atomic E-state index is 0.0123. The van der Waals surface area contributed by atoms with Crippen LogP contribution in [-0.2, 0) is 11.3 Å². The van der Waals surface area contributed by atoms with Crippen molar-refractivity contribution in [3.63, 3.8) is 0 Å². The molecule has 1 aromatic heterocycles. The van der Waals surface area contributed by atoms with Gasteiger partial charge in [-0.15, -0.1) is 0 Å². The van der Waals surface area contributed by atoms with Gasteiger partial charge in [0.15, 0.2) is 5.96 Å². The van der Waals surface area contributed by atoms with Gasteiger partial charge in [0.1, 0.15) is 5.82 Å². The Morgan fingerprint density at radius 1 is 1.57 bits per heavy atom. The Bertz CT molecular complexity index is 575. The van der Waals surface area contributed by atoms with Gasteiger partial charge in [-0.3, -0.25) is 14.8 Å². The van der Waals surface area contributed by atoms with Crippen LogP contribution in [0.4, 0.5) is 4.39 Å². The summed E-state index contributed by atoms with van der Waals surface area (Å²) in [6.07, 6.45) is 2.43. The van der Waals surface area contributed by atoms with Gasteiger partial charge in [0, 0.05) is 38.3 Å². The number of aliphatic imine (C=N–C) groups is 1. The summed E-state index contributed by atoms with van der Waals surface area (Å²) in [5, 5.41) is 6.33. The number of carbonyl (C=O) groups is 1. The quantitative estimate of drug-likeness (QED) is 0.645. The molecule has 23 heavy (non-hydrogen) atoms. The molecule has 0 bridgehead atoms. The zero-order valence-corrected chi connectivity index (χ0v) is 13.8. The lowest BCUT2D eigenvalue weighted by Crippen LogP contribution is -2.45. The molecule has 0 spiro atoms. The molecule has 2 rings (SSSR count). The van der Waals surface area contributed by atoms with Crippen LogP contribution in [0, 0.1) is 11.7 Å². The van der Waals surface area contributed by atoms with E-state index in [9.17, 15) is 9.18 Å². The molecule has 1 amide bonds. The molecular weight excluding hydrogens is 297 g/mol. The Balaban J connectivity index is 1.84. The number of rotatable bonds is 4. The molecule has 7 heteroatoms. The molecule has 1 fully saturated rings. The molecule has 1 aliphatic heterocycles. The number of halogens is 1. The summed E-state index contributed by atoms with van der Waals surface area (Å²) in [5.41, 5.74) is 0.346. The first-order chi connectivity index (χ1) is 11.0. The third-order valence-electron chi connectivity index (χ3n) is 3.82. The van der Waals surface area contributed by atoms with Crippen LogP contribution in [0.2, 0.25) is 0 Å². The predicted molar refractivity (Wildman–Crippen MR) is 87.4 cm³/mol. The molecular formula is C16H24FN5O. The average Bonchev–Trinajstić information content (AvgIpc) is 3.00. The monoisotopic (exact) mass is 321 g/mol. The lowest BCUT2D eigenvalue weighted by Gasteiger charge is -2.20. The summed E-state index contributed by atoms with van der Waals surface area (Å²) in [7, 11) is 1.66. The second kappa shape index (κ2) is 7.89. The van der Waals surface area contributed by atoms with E-state index in [1.165, 1.54) is 6.07 Å². The highest BCUT2D eigenvalue weighted by molar-refractivity contribution is 5.81. The van der Waals surface area contributed by atoms with Gasteiger partial charge in [-0.25, -0.2) is 4.39 Å². The molecule has 0 aliphatic carbocycles. The van der Waals surface area contributed by atoms with Crippen molar-refractivity contribution in [1.82, 2.24) is 20.5 Å². The number of amides is 1. The van der Waals surface area contributed by atoms with Crippen molar-refractivity contribution in [2.24, 2.45) is 10.9 Å². The number of nitrogens with zero attached hydrogens (tertiary/aromatic N) is 3. The van der Waals surface area contributed by atoms with Crippen LogP contribution in [0.15, 0.2) is 23.3 Å². The van der Waals surface area contributed by atoms with Crippen molar-refractivity contribution in [3.05, 3.63) is 29.8 Å². The molecule has 2 heterocycles. The van der Waals surface area contributed by atoms with Crippen molar-refractivity contribution in [1.29, 1.82) is 0 Å². The molecule has 0 saturated carbocycles. The van der Waals surface area contributed by atoms with E-state index in [0.29, 0.717) is 18.2 Å². The van der Waals surface area contributed by atoms with E-state index in [0.717, 1.165) is 13.0 Å². The molecule has 1 atom stereocenters. The van der Waals surface area contributed by atoms with E-state index in [-0.39, 0.29) is 30.2 Å². The molecule has 1 aromatic rings.